The second kappa shape index (κ2) is 4.05. The van der Waals surface area contributed by atoms with Crippen LogP contribution >= 0.6 is 11.3 Å². The van der Waals surface area contributed by atoms with E-state index in [1.54, 1.807) is 6.92 Å². The first-order valence-corrected chi connectivity index (χ1v) is 6.55. The molecule has 1 aromatic rings. The molecule has 0 aliphatic rings. The highest BCUT2D eigenvalue weighted by molar-refractivity contribution is 7.92. The number of carbonyl (C=O) groups excluding carboxylic acids is 1. The van der Waals surface area contributed by atoms with Gasteiger partial charge < -0.3 is 4.74 Å². The number of aromatic nitrogens is 1. The van der Waals surface area contributed by atoms with Crippen LogP contribution in [0.3, 0.4) is 0 Å². The van der Waals surface area contributed by atoms with E-state index in [0.29, 0.717) is 0 Å². The number of esters is 1. The maximum absolute atomic E-state index is 11.1. The first-order valence-electron chi connectivity index (χ1n) is 3.78. The van der Waals surface area contributed by atoms with Crippen molar-refractivity contribution < 1.29 is 17.9 Å². The first kappa shape index (κ1) is 11.1. The maximum Gasteiger partial charge on any atom is 0.357 e. The van der Waals surface area contributed by atoms with Gasteiger partial charge in [-0.15, -0.1) is 11.3 Å². The highest BCUT2D eigenvalue weighted by atomic mass is 32.2. The summed E-state index contributed by atoms with van der Waals surface area (Å²) in [5.74, 6) is -0.598. The molecule has 0 unspecified atom stereocenters. The van der Waals surface area contributed by atoms with Gasteiger partial charge in [-0.1, -0.05) is 0 Å². The Bertz CT molecular complexity index is 434. The summed E-state index contributed by atoms with van der Waals surface area (Å²) in [6.07, 6.45) is 1.04. The second-order valence-corrected chi connectivity index (χ2v) is 5.54. The van der Waals surface area contributed by atoms with Crippen LogP contribution in [-0.4, -0.2) is 32.2 Å². The van der Waals surface area contributed by atoms with Crippen molar-refractivity contribution in [3.63, 3.8) is 0 Å². The van der Waals surface area contributed by atoms with E-state index in [1.165, 1.54) is 5.38 Å². The van der Waals surface area contributed by atoms with Crippen LogP contribution in [0, 0.1) is 0 Å². The molecule has 0 N–H and O–H groups in total. The van der Waals surface area contributed by atoms with E-state index in [0.717, 1.165) is 17.6 Å². The SMILES string of the molecule is CCOC(=O)c1csc(S(C)(=O)=O)n1. The van der Waals surface area contributed by atoms with Gasteiger partial charge in [-0.2, -0.15) is 0 Å². The summed E-state index contributed by atoms with van der Waals surface area (Å²) >= 11 is 0.911. The number of rotatable bonds is 3. The molecule has 78 valence electrons. The number of ether oxygens (including phenoxy) is 1. The third-order valence-corrected chi connectivity index (χ3v) is 3.84. The Kier molecular flexibility index (Phi) is 3.22. The quantitative estimate of drug-likeness (QED) is 0.722. The Morgan fingerprint density at radius 1 is 1.64 bits per heavy atom. The van der Waals surface area contributed by atoms with Gasteiger partial charge in [0.05, 0.1) is 6.61 Å². The van der Waals surface area contributed by atoms with E-state index in [4.69, 9.17) is 0 Å². The van der Waals surface area contributed by atoms with Gasteiger partial charge in [-0.25, -0.2) is 18.2 Å². The van der Waals surface area contributed by atoms with Crippen LogP contribution in [0.25, 0.3) is 0 Å². The van der Waals surface area contributed by atoms with Crippen molar-refractivity contribution in [3.05, 3.63) is 11.1 Å². The van der Waals surface area contributed by atoms with Crippen molar-refractivity contribution in [2.24, 2.45) is 0 Å². The lowest BCUT2D eigenvalue weighted by Crippen LogP contribution is -2.06. The van der Waals surface area contributed by atoms with E-state index >= 15 is 0 Å². The molecule has 0 aliphatic heterocycles. The molecule has 0 aliphatic carbocycles. The summed E-state index contributed by atoms with van der Waals surface area (Å²) in [6, 6.07) is 0. The molecule has 1 heterocycles. The molecule has 0 saturated carbocycles. The fourth-order valence-corrected chi connectivity index (χ4v) is 2.35. The Morgan fingerprint density at radius 2 is 2.29 bits per heavy atom. The van der Waals surface area contributed by atoms with Gasteiger partial charge in [0.25, 0.3) is 0 Å². The fraction of sp³-hybridized carbons (Fsp3) is 0.429. The van der Waals surface area contributed by atoms with E-state index in [1.807, 2.05) is 0 Å². The predicted octanol–water partition coefficient (Wildman–Crippen LogP) is 0.723. The normalized spacial score (nSPS) is 11.3. The number of thiazole rings is 1. The standard InChI is InChI=1S/C7H9NO4S2/c1-3-12-6(9)5-4-13-7(8-5)14(2,10)11/h4H,3H2,1-2H3. The van der Waals surface area contributed by atoms with Gasteiger partial charge >= 0.3 is 5.97 Å². The Balaban J connectivity index is 2.94. The second-order valence-electron chi connectivity index (χ2n) is 2.49. The molecule has 1 rings (SSSR count). The minimum atomic E-state index is -3.33. The molecule has 5 nitrogen and oxygen atoms in total. The predicted molar refractivity (Wildman–Crippen MR) is 51.2 cm³/mol. The summed E-state index contributed by atoms with van der Waals surface area (Å²) in [5.41, 5.74) is 0.0391. The van der Waals surface area contributed by atoms with Gasteiger partial charge in [0.2, 0.25) is 14.2 Å². The molecule has 0 aromatic carbocycles. The lowest BCUT2D eigenvalue weighted by atomic mass is 10.5. The summed E-state index contributed by atoms with van der Waals surface area (Å²) in [4.78, 5) is 14.8. The number of nitrogens with zero attached hydrogens (tertiary/aromatic N) is 1. The summed E-state index contributed by atoms with van der Waals surface area (Å²) < 4.78 is 26.6. The molecule has 0 saturated heterocycles. The fourth-order valence-electron chi connectivity index (χ4n) is 0.726. The topological polar surface area (TPSA) is 73.3 Å². The smallest absolute Gasteiger partial charge is 0.357 e. The largest absolute Gasteiger partial charge is 0.461 e. The molecule has 0 radical (unpaired) electrons. The molecule has 7 heteroatoms. The Hall–Kier alpha value is -0.950. The Labute approximate surface area is 85.7 Å². The zero-order chi connectivity index (χ0) is 10.8. The highest BCUT2D eigenvalue weighted by Crippen LogP contribution is 2.15. The number of hydrogen-bond donors (Lipinski definition) is 0. The summed E-state index contributed by atoms with van der Waals surface area (Å²) in [6.45, 7) is 1.91. The van der Waals surface area contributed by atoms with Gasteiger partial charge in [0, 0.05) is 11.6 Å². The van der Waals surface area contributed by atoms with Crippen LogP contribution in [0.2, 0.25) is 0 Å². The third kappa shape index (κ3) is 2.52. The monoisotopic (exact) mass is 235 g/mol. The van der Waals surface area contributed by atoms with Crippen molar-refractivity contribution >= 4 is 27.1 Å². The Morgan fingerprint density at radius 3 is 2.71 bits per heavy atom. The molecule has 0 amide bonds. The molecule has 1 aromatic heterocycles. The highest BCUT2D eigenvalue weighted by Gasteiger charge is 2.17. The van der Waals surface area contributed by atoms with E-state index < -0.39 is 15.8 Å². The van der Waals surface area contributed by atoms with E-state index in [2.05, 4.69) is 9.72 Å². The zero-order valence-electron chi connectivity index (χ0n) is 7.68. The van der Waals surface area contributed by atoms with Gasteiger partial charge in [0.15, 0.2) is 5.69 Å². The van der Waals surface area contributed by atoms with Gasteiger partial charge in [-0.3, -0.25) is 0 Å². The average Bonchev–Trinajstić information content (AvgIpc) is 2.51. The third-order valence-electron chi connectivity index (χ3n) is 1.28. The van der Waals surface area contributed by atoms with Crippen LogP contribution in [-0.2, 0) is 14.6 Å². The molecule has 14 heavy (non-hydrogen) atoms. The van der Waals surface area contributed by atoms with Crippen molar-refractivity contribution in [3.8, 4) is 0 Å². The molecular formula is C7H9NO4S2. The van der Waals surface area contributed by atoms with Crippen LogP contribution in [0.1, 0.15) is 17.4 Å². The average molecular weight is 235 g/mol. The summed E-state index contributed by atoms with van der Waals surface area (Å²) in [7, 11) is -3.33. The van der Waals surface area contributed by atoms with Crippen LogP contribution in [0.5, 0.6) is 0 Å². The molecule has 0 bridgehead atoms. The summed E-state index contributed by atoms with van der Waals surface area (Å²) in [5, 5.41) is 1.37. The van der Waals surface area contributed by atoms with Crippen molar-refractivity contribution in [2.45, 2.75) is 11.3 Å². The van der Waals surface area contributed by atoms with Crippen LogP contribution < -0.4 is 0 Å². The van der Waals surface area contributed by atoms with Gasteiger partial charge in [-0.05, 0) is 6.92 Å². The van der Waals surface area contributed by atoms with Crippen LogP contribution in [0.15, 0.2) is 9.72 Å². The minimum absolute atomic E-state index is 0.0391. The van der Waals surface area contributed by atoms with Crippen molar-refractivity contribution in [1.82, 2.24) is 4.98 Å². The van der Waals surface area contributed by atoms with Crippen molar-refractivity contribution in [1.29, 1.82) is 0 Å². The molecule has 0 spiro atoms. The zero-order valence-corrected chi connectivity index (χ0v) is 9.31. The lowest BCUT2D eigenvalue weighted by Gasteiger charge is -1.95. The molecule has 0 atom stereocenters. The van der Waals surface area contributed by atoms with Crippen molar-refractivity contribution in [2.75, 3.05) is 12.9 Å². The number of sulfone groups is 1. The van der Waals surface area contributed by atoms with E-state index in [-0.39, 0.29) is 16.6 Å². The maximum atomic E-state index is 11.1. The minimum Gasteiger partial charge on any atom is -0.461 e. The van der Waals surface area contributed by atoms with E-state index in [9.17, 15) is 13.2 Å². The number of carbonyl (C=O) groups is 1. The lowest BCUT2D eigenvalue weighted by molar-refractivity contribution is 0.0520. The molecular weight excluding hydrogens is 226 g/mol. The van der Waals surface area contributed by atoms with Crippen LogP contribution in [0.4, 0.5) is 0 Å². The number of hydrogen-bond acceptors (Lipinski definition) is 6. The first-order chi connectivity index (χ1) is 6.45. The molecule has 0 fully saturated rings. The van der Waals surface area contributed by atoms with Gasteiger partial charge in [0.1, 0.15) is 0 Å².